The molecule has 1 aromatic heterocycles. The number of Topliss-reactive ketones (excluding diaryl/α,β-unsaturated/α-hetero) is 1. The first-order valence-electron chi connectivity index (χ1n) is 6.35. The summed E-state index contributed by atoms with van der Waals surface area (Å²) in [7, 11) is 0. The molecule has 3 N–H and O–H groups in total. The summed E-state index contributed by atoms with van der Waals surface area (Å²) in [6, 6.07) is 4.78. The first-order chi connectivity index (χ1) is 10.1. The van der Waals surface area contributed by atoms with Crippen LogP contribution in [0.4, 0.5) is 10.8 Å². The van der Waals surface area contributed by atoms with Crippen LogP contribution in [0.25, 0.3) is 0 Å². The molecule has 2 aromatic rings. The predicted octanol–water partition coefficient (Wildman–Crippen LogP) is 2.34. The van der Waals surface area contributed by atoms with Crippen molar-refractivity contribution in [2.45, 2.75) is 13.3 Å². The molecule has 110 valence electrons. The quantitative estimate of drug-likeness (QED) is 0.631. The molecular weight excluding hydrogens is 290 g/mol. The second kappa shape index (κ2) is 6.85. The SMILES string of the molecule is CCC(=O)c1ccc(OCC(=O)Nc2nccs2)c(N)c1. The van der Waals surface area contributed by atoms with Crippen molar-refractivity contribution in [2.75, 3.05) is 17.7 Å². The summed E-state index contributed by atoms with van der Waals surface area (Å²) in [5, 5.41) is 4.88. The molecule has 1 amide bonds. The monoisotopic (exact) mass is 305 g/mol. The zero-order valence-corrected chi connectivity index (χ0v) is 12.3. The van der Waals surface area contributed by atoms with Crippen molar-refractivity contribution in [3.05, 3.63) is 35.3 Å². The number of benzene rings is 1. The van der Waals surface area contributed by atoms with Gasteiger partial charge in [0, 0.05) is 23.6 Å². The zero-order valence-electron chi connectivity index (χ0n) is 11.5. The summed E-state index contributed by atoms with van der Waals surface area (Å²) in [6.45, 7) is 1.61. The molecule has 0 bridgehead atoms. The molecule has 6 nitrogen and oxygen atoms in total. The highest BCUT2D eigenvalue weighted by Gasteiger charge is 2.09. The van der Waals surface area contributed by atoms with E-state index < -0.39 is 0 Å². The molecule has 0 saturated carbocycles. The first-order valence-corrected chi connectivity index (χ1v) is 7.23. The molecule has 0 spiro atoms. The Balaban J connectivity index is 1.94. The van der Waals surface area contributed by atoms with Gasteiger partial charge in [-0.1, -0.05) is 6.92 Å². The number of carbonyl (C=O) groups excluding carboxylic acids is 2. The number of nitrogens with one attached hydrogen (secondary N) is 1. The van der Waals surface area contributed by atoms with Crippen LogP contribution in [0, 0.1) is 0 Å². The Morgan fingerprint density at radius 2 is 2.24 bits per heavy atom. The van der Waals surface area contributed by atoms with Gasteiger partial charge in [-0.15, -0.1) is 11.3 Å². The summed E-state index contributed by atoms with van der Waals surface area (Å²) in [6.07, 6.45) is 2.01. The van der Waals surface area contributed by atoms with Gasteiger partial charge in [0.15, 0.2) is 17.5 Å². The van der Waals surface area contributed by atoms with Crippen LogP contribution in [0.3, 0.4) is 0 Å². The first kappa shape index (κ1) is 15.0. The largest absolute Gasteiger partial charge is 0.482 e. The van der Waals surface area contributed by atoms with E-state index in [-0.39, 0.29) is 18.3 Å². The minimum absolute atomic E-state index is 0.00904. The number of hydrogen-bond donors (Lipinski definition) is 2. The Bertz CT molecular complexity index is 641. The Morgan fingerprint density at radius 3 is 2.86 bits per heavy atom. The number of ketones is 1. The van der Waals surface area contributed by atoms with Crippen LogP contribution in [0.15, 0.2) is 29.8 Å². The summed E-state index contributed by atoms with van der Waals surface area (Å²) in [5.41, 5.74) is 6.68. The number of aromatic nitrogens is 1. The van der Waals surface area contributed by atoms with E-state index in [4.69, 9.17) is 10.5 Å². The predicted molar refractivity (Wildman–Crippen MR) is 81.7 cm³/mol. The number of hydrogen-bond acceptors (Lipinski definition) is 6. The fourth-order valence-electron chi connectivity index (χ4n) is 1.64. The smallest absolute Gasteiger partial charge is 0.264 e. The van der Waals surface area contributed by atoms with Crippen molar-refractivity contribution in [1.29, 1.82) is 0 Å². The van der Waals surface area contributed by atoms with Crippen molar-refractivity contribution in [3.63, 3.8) is 0 Å². The number of amides is 1. The van der Waals surface area contributed by atoms with Gasteiger partial charge in [0.25, 0.3) is 5.91 Å². The fraction of sp³-hybridized carbons (Fsp3) is 0.214. The molecule has 1 heterocycles. The van der Waals surface area contributed by atoms with Gasteiger partial charge in [0.2, 0.25) is 0 Å². The van der Waals surface area contributed by atoms with Gasteiger partial charge in [-0.2, -0.15) is 0 Å². The van der Waals surface area contributed by atoms with E-state index in [2.05, 4.69) is 10.3 Å². The molecular formula is C14H15N3O3S. The number of ether oxygens (including phenoxy) is 1. The minimum Gasteiger partial charge on any atom is -0.482 e. The molecule has 0 radical (unpaired) electrons. The highest BCUT2D eigenvalue weighted by atomic mass is 32.1. The molecule has 0 fully saturated rings. The summed E-state index contributed by atoms with van der Waals surface area (Å²) >= 11 is 1.32. The molecule has 2 rings (SSSR count). The molecule has 7 heteroatoms. The third kappa shape index (κ3) is 4.03. The van der Waals surface area contributed by atoms with Crippen molar-refractivity contribution in [2.24, 2.45) is 0 Å². The second-order valence-electron chi connectivity index (χ2n) is 4.20. The lowest BCUT2D eigenvalue weighted by molar-refractivity contribution is -0.118. The average molecular weight is 305 g/mol. The number of anilines is 2. The van der Waals surface area contributed by atoms with Crippen LogP contribution in [-0.4, -0.2) is 23.3 Å². The van der Waals surface area contributed by atoms with Gasteiger partial charge in [-0.05, 0) is 18.2 Å². The number of nitrogens with two attached hydrogens (primary N) is 1. The normalized spacial score (nSPS) is 10.1. The van der Waals surface area contributed by atoms with E-state index in [1.54, 1.807) is 36.7 Å². The van der Waals surface area contributed by atoms with E-state index in [0.29, 0.717) is 28.6 Å². The van der Waals surface area contributed by atoms with Crippen LogP contribution in [0.2, 0.25) is 0 Å². The molecule has 0 unspecified atom stereocenters. The van der Waals surface area contributed by atoms with Crippen LogP contribution < -0.4 is 15.8 Å². The van der Waals surface area contributed by atoms with Crippen molar-refractivity contribution in [1.82, 2.24) is 4.98 Å². The number of carbonyl (C=O) groups is 2. The summed E-state index contributed by atoms with van der Waals surface area (Å²) in [4.78, 5) is 27.1. The molecule has 21 heavy (non-hydrogen) atoms. The second-order valence-corrected chi connectivity index (χ2v) is 5.10. The van der Waals surface area contributed by atoms with E-state index in [1.165, 1.54) is 11.3 Å². The molecule has 0 aliphatic carbocycles. The minimum atomic E-state index is -0.321. The highest BCUT2D eigenvalue weighted by Crippen LogP contribution is 2.23. The van der Waals surface area contributed by atoms with Crippen LogP contribution in [-0.2, 0) is 4.79 Å². The van der Waals surface area contributed by atoms with E-state index >= 15 is 0 Å². The molecule has 0 aliphatic rings. The van der Waals surface area contributed by atoms with E-state index in [0.717, 1.165) is 0 Å². The van der Waals surface area contributed by atoms with Crippen molar-refractivity contribution < 1.29 is 14.3 Å². The van der Waals surface area contributed by atoms with Gasteiger partial charge in [0.1, 0.15) is 5.75 Å². The topological polar surface area (TPSA) is 94.3 Å². The zero-order chi connectivity index (χ0) is 15.2. The maximum atomic E-state index is 11.7. The molecule has 0 saturated heterocycles. The van der Waals surface area contributed by atoms with E-state index in [9.17, 15) is 9.59 Å². The molecule has 0 atom stereocenters. The van der Waals surface area contributed by atoms with Gasteiger partial charge < -0.3 is 10.5 Å². The van der Waals surface area contributed by atoms with Crippen LogP contribution in [0.5, 0.6) is 5.75 Å². The highest BCUT2D eigenvalue weighted by molar-refractivity contribution is 7.13. The van der Waals surface area contributed by atoms with Gasteiger partial charge in [-0.25, -0.2) is 4.98 Å². The van der Waals surface area contributed by atoms with Gasteiger partial charge in [0.05, 0.1) is 5.69 Å². The fourth-order valence-corrected chi connectivity index (χ4v) is 2.19. The Hall–Kier alpha value is -2.41. The summed E-state index contributed by atoms with van der Waals surface area (Å²) < 4.78 is 5.34. The number of rotatable bonds is 6. The Kier molecular flexibility index (Phi) is 4.89. The maximum absolute atomic E-state index is 11.7. The number of nitrogens with zero attached hydrogens (tertiary/aromatic N) is 1. The Morgan fingerprint density at radius 1 is 1.43 bits per heavy atom. The maximum Gasteiger partial charge on any atom is 0.264 e. The third-order valence-electron chi connectivity index (χ3n) is 2.69. The van der Waals surface area contributed by atoms with Gasteiger partial charge in [-0.3, -0.25) is 14.9 Å². The van der Waals surface area contributed by atoms with E-state index in [1.807, 2.05) is 0 Å². The summed E-state index contributed by atoms with van der Waals surface area (Å²) in [5.74, 6) is 0.0600. The number of nitrogen functional groups attached to an aromatic ring is 1. The lowest BCUT2D eigenvalue weighted by Crippen LogP contribution is -2.20. The van der Waals surface area contributed by atoms with Crippen molar-refractivity contribution >= 4 is 33.8 Å². The lowest BCUT2D eigenvalue weighted by atomic mass is 10.1. The van der Waals surface area contributed by atoms with Crippen molar-refractivity contribution in [3.8, 4) is 5.75 Å². The van der Waals surface area contributed by atoms with Gasteiger partial charge >= 0.3 is 0 Å². The lowest BCUT2D eigenvalue weighted by Gasteiger charge is -2.09. The molecule has 0 aliphatic heterocycles. The third-order valence-corrected chi connectivity index (χ3v) is 3.38. The number of thiazole rings is 1. The average Bonchev–Trinajstić information content (AvgIpc) is 2.98. The Labute approximate surface area is 125 Å². The standard InChI is InChI=1S/C14H15N3O3S/c1-2-11(18)9-3-4-12(10(15)7-9)20-8-13(19)17-14-16-5-6-21-14/h3-7H,2,8,15H2,1H3,(H,16,17,19). The van der Waals surface area contributed by atoms with Crippen LogP contribution in [0.1, 0.15) is 23.7 Å². The van der Waals surface area contributed by atoms with Crippen LogP contribution >= 0.6 is 11.3 Å². The molecule has 1 aromatic carbocycles.